The Labute approximate surface area is 121 Å². The van der Waals surface area contributed by atoms with Gasteiger partial charge in [0.05, 0.1) is 5.52 Å². The van der Waals surface area contributed by atoms with E-state index in [0.717, 1.165) is 23.1 Å². The van der Waals surface area contributed by atoms with E-state index in [4.69, 9.17) is 0 Å². The molecule has 4 heteroatoms. The van der Waals surface area contributed by atoms with E-state index in [1.54, 1.807) is 0 Å². The summed E-state index contributed by atoms with van der Waals surface area (Å²) in [6.45, 7) is 2.21. The van der Waals surface area contributed by atoms with Gasteiger partial charge in [-0.3, -0.25) is 4.98 Å². The Kier molecular flexibility index (Phi) is 2.74. The first-order valence-electron chi connectivity index (χ1n) is 6.86. The first-order valence-corrected chi connectivity index (χ1v) is 7.65. The lowest BCUT2D eigenvalue weighted by molar-refractivity contribution is 0.486. The third kappa shape index (κ3) is 1.85. The van der Waals surface area contributed by atoms with Crippen molar-refractivity contribution < 1.29 is 0 Å². The van der Waals surface area contributed by atoms with Gasteiger partial charge in [0.1, 0.15) is 0 Å². The quantitative estimate of drug-likeness (QED) is 0.876. The summed E-state index contributed by atoms with van der Waals surface area (Å²) in [5.74, 6) is 0. The number of piperazine rings is 1. The van der Waals surface area contributed by atoms with E-state index in [1.165, 1.54) is 23.9 Å². The first-order chi connectivity index (χ1) is 9.33. The molecule has 2 fully saturated rings. The number of aromatic nitrogens is 1. The van der Waals surface area contributed by atoms with E-state index >= 15 is 0 Å². The minimum absolute atomic E-state index is 0.642. The highest BCUT2D eigenvalue weighted by Crippen LogP contribution is 2.36. The van der Waals surface area contributed by atoms with Crippen LogP contribution in [0.15, 0.2) is 34.9 Å². The van der Waals surface area contributed by atoms with Crippen molar-refractivity contribution in [1.82, 2.24) is 10.3 Å². The number of nitrogens with zero attached hydrogens (tertiary/aromatic N) is 2. The second kappa shape index (κ2) is 4.46. The Morgan fingerprint density at radius 2 is 1.95 bits per heavy atom. The molecule has 98 valence electrons. The molecule has 3 nitrogen and oxygen atoms in total. The third-order valence-electron chi connectivity index (χ3n) is 4.34. The van der Waals surface area contributed by atoms with Crippen molar-refractivity contribution in [3.8, 4) is 0 Å². The van der Waals surface area contributed by atoms with Crippen molar-refractivity contribution >= 4 is 32.5 Å². The SMILES string of the molecule is Brc1ccc2nccc(N3C4CCC3CNC4)c2c1. The molecule has 1 N–H and O–H groups in total. The third-order valence-corrected chi connectivity index (χ3v) is 4.83. The fourth-order valence-electron chi connectivity index (χ4n) is 3.50. The van der Waals surface area contributed by atoms with Gasteiger partial charge in [-0.25, -0.2) is 0 Å². The molecule has 0 saturated carbocycles. The summed E-state index contributed by atoms with van der Waals surface area (Å²) in [4.78, 5) is 7.10. The monoisotopic (exact) mass is 317 g/mol. The van der Waals surface area contributed by atoms with Gasteiger partial charge in [0, 0.05) is 46.9 Å². The van der Waals surface area contributed by atoms with Crippen molar-refractivity contribution in [1.29, 1.82) is 0 Å². The maximum absolute atomic E-state index is 4.49. The lowest BCUT2D eigenvalue weighted by Gasteiger charge is -2.37. The molecule has 19 heavy (non-hydrogen) atoms. The molecule has 2 bridgehead atoms. The number of halogens is 1. The van der Waals surface area contributed by atoms with E-state index in [2.05, 4.69) is 55.4 Å². The molecule has 1 aromatic heterocycles. The Morgan fingerprint density at radius 1 is 1.16 bits per heavy atom. The van der Waals surface area contributed by atoms with Gasteiger partial charge in [-0.1, -0.05) is 15.9 Å². The van der Waals surface area contributed by atoms with Gasteiger partial charge in [0.2, 0.25) is 0 Å². The smallest absolute Gasteiger partial charge is 0.0723 e. The topological polar surface area (TPSA) is 28.2 Å². The molecule has 0 amide bonds. The zero-order valence-corrected chi connectivity index (χ0v) is 12.2. The van der Waals surface area contributed by atoms with Crippen LogP contribution >= 0.6 is 15.9 Å². The van der Waals surface area contributed by atoms with Crippen LogP contribution in [-0.2, 0) is 0 Å². The van der Waals surface area contributed by atoms with Crippen molar-refractivity contribution in [2.75, 3.05) is 18.0 Å². The van der Waals surface area contributed by atoms with Crippen LogP contribution in [0, 0.1) is 0 Å². The van der Waals surface area contributed by atoms with Crippen LogP contribution in [0.3, 0.4) is 0 Å². The van der Waals surface area contributed by atoms with E-state index in [9.17, 15) is 0 Å². The van der Waals surface area contributed by atoms with E-state index in [1.807, 2.05) is 6.20 Å². The first kappa shape index (κ1) is 11.7. The minimum Gasteiger partial charge on any atom is -0.362 e. The molecule has 1 aromatic carbocycles. The Balaban J connectivity index is 1.89. The molecule has 0 spiro atoms. The lowest BCUT2D eigenvalue weighted by Crippen LogP contribution is -2.52. The normalized spacial score (nSPS) is 26.1. The fraction of sp³-hybridized carbons (Fsp3) is 0.400. The summed E-state index contributed by atoms with van der Waals surface area (Å²) < 4.78 is 1.12. The summed E-state index contributed by atoms with van der Waals surface area (Å²) in [5.41, 5.74) is 2.43. The molecule has 3 heterocycles. The van der Waals surface area contributed by atoms with E-state index < -0.39 is 0 Å². The van der Waals surface area contributed by atoms with Crippen molar-refractivity contribution in [3.05, 3.63) is 34.9 Å². The molecule has 0 radical (unpaired) electrons. The molecule has 2 atom stereocenters. The Bertz CT molecular complexity index is 612. The summed E-state index contributed by atoms with van der Waals surface area (Å²) in [7, 11) is 0. The van der Waals surface area contributed by atoms with Crippen molar-refractivity contribution in [2.24, 2.45) is 0 Å². The summed E-state index contributed by atoms with van der Waals surface area (Å²) in [6.07, 6.45) is 4.54. The van der Waals surface area contributed by atoms with Crippen LogP contribution in [0.5, 0.6) is 0 Å². The number of anilines is 1. The van der Waals surface area contributed by atoms with Crippen LogP contribution in [0.4, 0.5) is 5.69 Å². The maximum Gasteiger partial charge on any atom is 0.0723 e. The van der Waals surface area contributed by atoms with Gasteiger partial charge < -0.3 is 10.2 Å². The molecule has 2 aliphatic rings. The second-order valence-corrected chi connectivity index (χ2v) is 6.36. The summed E-state index contributed by atoms with van der Waals surface area (Å²) in [6, 6.07) is 9.80. The summed E-state index contributed by atoms with van der Waals surface area (Å²) >= 11 is 3.58. The van der Waals surface area contributed by atoms with Crippen LogP contribution in [0.25, 0.3) is 10.9 Å². The molecule has 2 saturated heterocycles. The van der Waals surface area contributed by atoms with Crippen molar-refractivity contribution in [3.63, 3.8) is 0 Å². The zero-order chi connectivity index (χ0) is 12.8. The van der Waals surface area contributed by atoms with Gasteiger partial charge in [-0.15, -0.1) is 0 Å². The predicted octanol–water partition coefficient (Wildman–Crippen LogP) is 2.94. The molecule has 2 aliphatic heterocycles. The highest BCUT2D eigenvalue weighted by Gasteiger charge is 2.37. The molecular formula is C15H16BrN3. The van der Waals surface area contributed by atoms with Gasteiger partial charge in [-0.05, 0) is 37.1 Å². The summed E-state index contributed by atoms with van der Waals surface area (Å²) in [5, 5.41) is 4.80. The van der Waals surface area contributed by atoms with Crippen LogP contribution < -0.4 is 10.2 Å². The molecule has 0 aliphatic carbocycles. The molecule has 2 unspecified atom stereocenters. The zero-order valence-electron chi connectivity index (χ0n) is 10.6. The number of fused-ring (bicyclic) bond motifs is 3. The molecule has 4 rings (SSSR count). The average Bonchev–Trinajstić information content (AvgIpc) is 2.67. The van der Waals surface area contributed by atoms with Gasteiger partial charge in [0.25, 0.3) is 0 Å². The average molecular weight is 318 g/mol. The molecule has 2 aromatic rings. The predicted molar refractivity (Wildman–Crippen MR) is 81.6 cm³/mol. The van der Waals surface area contributed by atoms with Gasteiger partial charge in [-0.2, -0.15) is 0 Å². The molecular weight excluding hydrogens is 302 g/mol. The number of pyridine rings is 1. The number of hydrogen-bond donors (Lipinski definition) is 1. The minimum atomic E-state index is 0.642. The van der Waals surface area contributed by atoms with Crippen LogP contribution in [0.1, 0.15) is 12.8 Å². The number of benzene rings is 1. The second-order valence-electron chi connectivity index (χ2n) is 5.44. The fourth-order valence-corrected chi connectivity index (χ4v) is 3.86. The largest absolute Gasteiger partial charge is 0.362 e. The standard InChI is InChI=1S/C15H16BrN3/c16-10-1-4-14-13(7-10)15(5-6-18-14)19-11-2-3-12(19)9-17-8-11/h1,4-7,11-12,17H,2-3,8-9H2. The van der Waals surface area contributed by atoms with Crippen LogP contribution in [0.2, 0.25) is 0 Å². The lowest BCUT2D eigenvalue weighted by atomic mass is 10.1. The number of rotatable bonds is 1. The highest BCUT2D eigenvalue weighted by atomic mass is 79.9. The number of nitrogens with one attached hydrogen (secondary N) is 1. The van der Waals surface area contributed by atoms with Crippen LogP contribution in [-0.4, -0.2) is 30.2 Å². The maximum atomic E-state index is 4.49. The van der Waals surface area contributed by atoms with E-state index in [-0.39, 0.29) is 0 Å². The van der Waals surface area contributed by atoms with Gasteiger partial charge >= 0.3 is 0 Å². The highest BCUT2D eigenvalue weighted by molar-refractivity contribution is 9.10. The van der Waals surface area contributed by atoms with E-state index in [0.29, 0.717) is 12.1 Å². The van der Waals surface area contributed by atoms with Gasteiger partial charge in [0.15, 0.2) is 0 Å². The number of hydrogen-bond acceptors (Lipinski definition) is 3. The Hall–Kier alpha value is -1.13. The van der Waals surface area contributed by atoms with Crippen molar-refractivity contribution in [2.45, 2.75) is 24.9 Å². The Morgan fingerprint density at radius 3 is 2.74 bits per heavy atom.